The molecule has 1 heterocycles. The van der Waals surface area contributed by atoms with Crippen LogP contribution in [0.3, 0.4) is 0 Å². The van der Waals surface area contributed by atoms with Gasteiger partial charge in [0.2, 0.25) is 0 Å². The van der Waals surface area contributed by atoms with E-state index in [9.17, 15) is 4.79 Å². The Hall–Kier alpha value is -1.35. The number of hydrogen-bond donors (Lipinski definition) is 0. The standard InChI is InChI=1S/C31H54N2O/c1-26(2)12-9-13-27(3)14-10-15-28(4)16-11-17-29(5)20-21-32-22-24-33(25-23-32)31(34)30-18-7-6-8-19-30/h6-8,18-19,26-29H,9-17,20-25H2,1-5H3. The number of piperazine rings is 1. The van der Waals surface area contributed by atoms with Gasteiger partial charge in [0.25, 0.3) is 5.91 Å². The summed E-state index contributed by atoms with van der Waals surface area (Å²) in [6.45, 7) is 16.9. The zero-order valence-corrected chi connectivity index (χ0v) is 23.1. The Morgan fingerprint density at radius 3 is 1.65 bits per heavy atom. The van der Waals surface area contributed by atoms with Gasteiger partial charge in [0.05, 0.1) is 0 Å². The highest BCUT2D eigenvalue weighted by atomic mass is 16.2. The van der Waals surface area contributed by atoms with E-state index in [1.54, 1.807) is 0 Å². The van der Waals surface area contributed by atoms with Crippen LogP contribution in [0.4, 0.5) is 0 Å². The van der Waals surface area contributed by atoms with E-state index in [2.05, 4.69) is 39.5 Å². The molecule has 0 aliphatic carbocycles. The summed E-state index contributed by atoms with van der Waals surface area (Å²) >= 11 is 0. The van der Waals surface area contributed by atoms with Crippen molar-refractivity contribution in [2.24, 2.45) is 23.7 Å². The number of carbonyl (C=O) groups is 1. The third-order valence-electron chi connectivity index (χ3n) is 7.88. The Morgan fingerprint density at radius 2 is 1.15 bits per heavy atom. The summed E-state index contributed by atoms with van der Waals surface area (Å²) in [5.41, 5.74) is 0.815. The second-order valence-electron chi connectivity index (χ2n) is 11.8. The first-order valence-corrected chi connectivity index (χ1v) is 14.4. The smallest absolute Gasteiger partial charge is 0.253 e. The summed E-state index contributed by atoms with van der Waals surface area (Å²) in [7, 11) is 0. The normalized spacial score (nSPS) is 17.6. The van der Waals surface area contributed by atoms with Crippen molar-refractivity contribution in [2.75, 3.05) is 32.7 Å². The lowest BCUT2D eigenvalue weighted by molar-refractivity contribution is 0.0630. The number of rotatable bonds is 16. The highest BCUT2D eigenvalue weighted by Crippen LogP contribution is 2.23. The number of amides is 1. The first-order valence-electron chi connectivity index (χ1n) is 14.4. The van der Waals surface area contributed by atoms with E-state index in [-0.39, 0.29) is 5.91 Å². The van der Waals surface area contributed by atoms with Crippen molar-refractivity contribution in [1.82, 2.24) is 9.80 Å². The second kappa shape index (κ2) is 16.3. The van der Waals surface area contributed by atoms with Crippen LogP contribution in [0.15, 0.2) is 30.3 Å². The molecule has 0 bridgehead atoms. The number of nitrogens with zero attached hydrogens (tertiary/aromatic N) is 2. The highest BCUT2D eigenvalue weighted by Gasteiger charge is 2.22. The third-order valence-corrected chi connectivity index (χ3v) is 7.88. The van der Waals surface area contributed by atoms with Gasteiger partial charge in [-0.05, 0) is 48.8 Å². The Morgan fingerprint density at radius 1 is 0.676 bits per heavy atom. The quantitative estimate of drug-likeness (QED) is 0.245. The first-order chi connectivity index (χ1) is 16.3. The monoisotopic (exact) mass is 470 g/mol. The maximum Gasteiger partial charge on any atom is 0.253 e. The minimum absolute atomic E-state index is 0.184. The van der Waals surface area contributed by atoms with Gasteiger partial charge in [-0.3, -0.25) is 9.69 Å². The van der Waals surface area contributed by atoms with E-state index in [0.717, 1.165) is 55.4 Å². The van der Waals surface area contributed by atoms with E-state index in [1.807, 2.05) is 35.2 Å². The van der Waals surface area contributed by atoms with Crippen LogP contribution in [0.1, 0.15) is 109 Å². The minimum Gasteiger partial charge on any atom is -0.336 e. The molecule has 0 N–H and O–H groups in total. The summed E-state index contributed by atoms with van der Waals surface area (Å²) in [5, 5.41) is 0. The van der Waals surface area contributed by atoms with Crippen LogP contribution >= 0.6 is 0 Å². The van der Waals surface area contributed by atoms with Gasteiger partial charge in [0, 0.05) is 31.7 Å². The van der Waals surface area contributed by atoms with Gasteiger partial charge >= 0.3 is 0 Å². The van der Waals surface area contributed by atoms with Crippen LogP contribution in [0.25, 0.3) is 0 Å². The number of hydrogen-bond acceptors (Lipinski definition) is 2. The van der Waals surface area contributed by atoms with Crippen molar-refractivity contribution in [1.29, 1.82) is 0 Å². The van der Waals surface area contributed by atoms with Crippen molar-refractivity contribution >= 4 is 5.91 Å². The van der Waals surface area contributed by atoms with E-state index in [4.69, 9.17) is 0 Å². The van der Waals surface area contributed by atoms with Gasteiger partial charge in [0.15, 0.2) is 0 Å². The number of benzene rings is 1. The molecule has 0 radical (unpaired) electrons. The van der Waals surface area contributed by atoms with Crippen LogP contribution < -0.4 is 0 Å². The van der Waals surface area contributed by atoms with Gasteiger partial charge in [-0.2, -0.15) is 0 Å². The topological polar surface area (TPSA) is 23.6 Å². The van der Waals surface area contributed by atoms with Crippen LogP contribution in [0.5, 0.6) is 0 Å². The van der Waals surface area contributed by atoms with Gasteiger partial charge in [0.1, 0.15) is 0 Å². The second-order valence-corrected chi connectivity index (χ2v) is 11.8. The first kappa shape index (κ1) is 28.9. The molecule has 3 nitrogen and oxygen atoms in total. The molecule has 1 fully saturated rings. The van der Waals surface area contributed by atoms with E-state index in [1.165, 1.54) is 70.8 Å². The molecule has 0 spiro atoms. The maximum absolute atomic E-state index is 12.6. The van der Waals surface area contributed by atoms with Gasteiger partial charge < -0.3 is 4.90 Å². The number of carbonyl (C=O) groups excluding carboxylic acids is 1. The molecule has 1 aromatic rings. The molecule has 0 aromatic heterocycles. The fraction of sp³-hybridized carbons (Fsp3) is 0.774. The van der Waals surface area contributed by atoms with E-state index >= 15 is 0 Å². The van der Waals surface area contributed by atoms with Crippen LogP contribution in [0, 0.1) is 23.7 Å². The van der Waals surface area contributed by atoms with Crippen molar-refractivity contribution < 1.29 is 4.79 Å². The van der Waals surface area contributed by atoms with Crippen molar-refractivity contribution in [3.8, 4) is 0 Å². The molecular formula is C31H54N2O. The summed E-state index contributed by atoms with van der Waals surface area (Å²) < 4.78 is 0. The SMILES string of the molecule is CC(C)CCCC(C)CCCC(C)CCCC(C)CCN1CCN(C(=O)c2ccccc2)CC1. The summed E-state index contributed by atoms with van der Waals surface area (Å²) in [5.74, 6) is 3.63. The van der Waals surface area contributed by atoms with Crippen molar-refractivity contribution in [3.63, 3.8) is 0 Å². The molecule has 0 saturated carbocycles. The predicted octanol–water partition coefficient (Wildman–Crippen LogP) is 7.91. The molecule has 194 valence electrons. The van der Waals surface area contributed by atoms with Crippen LogP contribution in [0.2, 0.25) is 0 Å². The lowest BCUT2D eigenvalue weighted by atomic mass is 9.90. The lowest BCUT2D eigenvalue weighted by Crippen LogP contribution is -2.49. The molecule has 1 aliphatic rings. The Bertz CT molecular complexity index is 651. The van der Waals surface area contributed by atoms with Gasteiger partial charge in [-0.15, -0.1) is 0 Å². The molecule has 1 aliphatic heterocycles. The average Bonchev–Trinajstić information content (AvgIpc) is 2.83. The lowest BCUT2D eigenvalue weighted by Gasteiger charge is -2.35. The van der Waals surface area contributed by atoms with E-state index < -0.39 is 0 Å². The molecular weight excluding hydrogens is 416 g/mol. The van der Waals surface area contributed by atoms with Crippen molar-refractivity contribution in [2.45, 2.75) is 98.8 Å². The summed E-state index contributed by atoms with van der Waals surface area (Å²) in [6.07, 6.45) is 13.9. The fourth-order valence-electron chi connectivity index (χ4n) is 5.28. The van der Waals surface area contributed by atoms with Crippen molar-refractivity contribution in [3.05, 3.63) is 35.9 Å². The molecule has 3 atom stereocenters. The third kappa shape index (κ3) is 11.9. The highest BCUT2D eigenvalue weighted by molar-refractivity contribution is 5.94. The minimum atomic E-state index is 0.184. The van der Waals surface area contributed by atoms with Crippen LogP contribution in [-0.4, -0.2) is 48.4 Å². The predicted molar refractivity (Wildman–Crippen MR) is 147 cm³/mol. The van der Waals surface area contributed by atoms with Crippen LogP contribution in [-0.2, 0) is 0 Å². The maximum atomic E-state index is 12.6. The molecule has 1 aromatic carbocycles. The Balaban J connectivity index is 1.48. The molecule has 34 heavy (non-hydrogen) atoms. The van der Waals surface area contributed by atoms with E-state index in [0.29, 0.717) is 0 Å². The Labute approximate surface area is 211 Å². The summed E-state index contributed by atoms with van der Waals surface area (Å²) in [6, 6.07) is 9.71. The molecule has 3 unspecified atom stereocenters. The zero-order valence-electron chi connectivity index (χ0n) is 23.1. The largest absolute Gasteiger partial charge is 0.336 e. The van der Waals surface area contributed by atoms with Gasteiger partial charge in [-0.25, -0.2) is 0 Å². The molecule has 1 amide bonds. The molecule has 3 heteroatoms. The fourth-order valence-corrected chi connectivity index (χ4v) is 5.28. The zero-order chi connectivity index (χ0) is 24.8. The molecule has 2 rings (SSSR count). The molecule has 1 saturated heterocycles. The Kier molecular flexibility index (Phi) is 13.9. The van der Waals surface area contributed by atoms with Gasteiger partial charge in [-0.1, -0.05) is 111 Å². The summed E-state index contributed by atoms with van der Waals surface area (Å²) in [4.78, 5) is 17.2. The average molecular weight is 471 g/mol.